The van der Waals surface area contributed by atoms with Crippen molar-refractivity contribution >= 4 is 27.3 Å². The first-order valence-corrected chi connectivity index (χ1v) is 9.50. The number of hydrogen-bond acceptors (Lipinski definition) is 4. The molecule has 0 aliphatic rings. The molecule has 0 bridgehead atoms. The lowest BCUT2D eigenvalue weighted by Crippen LogP contribution is -2.30. The van der Waals surface area contributed by atoms with E-state index < -0.39 is 10.0 Å². The van der Waals surface area contributed by atoms with E-state index in [1.807, 2.05) is 12.1 Å². The normalized spacial score (nSPS) is 10.9. The number of halogens is 1. The second-order valence-corrected chi connectivity index (χ2v) is 7.78. The number of pyridine rings is 1. The molecule has 0 atom stereocenters. The van der Waals surface area contributed by atoms with Gasteiger partial charge in [0.1, 0.15) is 0 Å². The molecule has 0 N–H and O–H groups in total. The van der Waals surface area contributed by atoms with Gasteiger partial charge in [-0.05, 0) is 60.2 Å². The molecular formula is C19H14ClN3O2S. The molecule has 3 rings (SSSR count). The fourth-order valence-electron chi connectivity index (χ4n) is 2.41. The highest BCUT2D eigenvalue weighted by Gasteiger charge is 2.25. The Morgan fingerprint density at radius 2 is 1.73 bits per heavy atom. The molecular weight excluding hydrogens is 370 g/mol. The van der Waals surface area contributed by atoms with Crippen molar-refractivity contribution in [2.24, 2.45) is 0 Å². The van der Waals surface area contributed by atoms with Crippen molar-refractivity contribution in [3.05, 3.63) is 89.2 Å². The molecule has 0 spiro atoms. The first kappa shape index (κ1) is 17.9. The Bertz CT molecular complexity index is 1030. The molecule has 2 aromatic carbocycles. The lowest BCUT2D eigenvalue weighted by Gasteiger charge is -2.24. The van der Waals surface area contributed by atoms with E-state index in [9.17, 15) is 8.42 Å². The Morgan fingerprint density at radius 3 is 2.31 bits per heavy atom. The van der Waals surface area contributed by atoms with Gasteiger partial charge in [-0.3, -0.25) is 9.29 Å². The highest BCUT2D eigenvalue weighted by Crippen LogP contribution is 2.27. The summed E-state index contributed by atoms with van der Waals surface area (Å²) >= 11 is 5.93. The molecule has 0 fully saturated rings. The third kappa shape index (κ3) is 3.85. The Balaban J connectivity index is 2.06. The molecule has 0 saturated heterocycles. The van der Waals surface area contributed by atoms with Crippen molar-refractivity contribution in [1.29, 1.82) is 5.26 Å². The van der Waals surface area contributed by atoms with Gasteiger partial charge in [0.25, 0.3) is 10.0 Å². The second-order valence-electron chi connectivity index (χ2n) is 5.49. The number of anilines is 1. The SMILES string of the molecule is N#Cc1ccc(S(=O)(=O)N(Cc2cccnc2)c2ccc(Cl)cc2)cc1. The highest BCUT2D eigenvalue weighted by atomic mass is 35.5. The zero-order valence-electron chi connectivity index (χ0n) is 13.6. The van der Waals surface area contributed by atoms with Crippen molar-refractivity contribution in [2.45, 2.75) is 11.4 Å². The minimum Gasteiger partial charge on any atom is -0.264 e. The van der Waals surface area contributed by atoms with Crippen LogP contribution in [0.1, 0.15) is 11.1 Å². The van der Waals surface area contributed by atoms with Gasteiger partial charge in [-0.1, -0.05) is 17.7 Å². The number of nitriles is 1. The van der Waals surface area contributed by atoms with Gasteiger partial charge in [0, 0.05) is 17.4 Å². The third-order valence-corrected chi connectivity index (χ3v) is 5.78. The first-order valence-electron chi connectivity index (χ1n) is 7.68. The summed E-state index contributed by atoms with van der Waals surface area (Å²) in [7, 11) is -3.84. The summed E-state index contributed by atoms with van der Waals surface area (Å²) in [6, 6.07) is 18.0. The predicted octanol–water partition coefficient (Wildman–Crippen LogP) is 4.00. The minimum atomic E-state index is -3.84. The van der Waals surface area contributed by atoms with Crippen molar-refractivity contribution in [3.8, 4) is 6.07 Å². The molecule has 5 nitrogen and oxygen atoms in total. The van der Waals surface area contributed by atoms with Gasteiger partial charge < -0.3 is 0 Å². The number of aromatic nitrogens is 1. The molecule has 1 aromatic heterocycles. The summed E-state index contributed by atoms with van der Waals surface area (Å²) in [5.74, 6) is 0. The molecule has 0 unspecified atom stereocenters. The van der Waals surface area contributed by atoms with Crippen molar-refractivity contribution in [2.75, 3.05) is 4.31 Å². The topological polar surface area (TPSA) is 74.1 Å². The Hall–Kier alpha value is -2.88. The van der Waals surface area contributed by atoms with E-state index >= 15 is 0 Å². The lowest BCUT2D eigenvalue weighted by molar-refractivity contribution is 0.590. The van der Waals surface area contributed by atoms with Crippen molar-refractivity contribution in [3.63, 3.8) is 0 Å². The maximum Gasteiger partial charge on any atom is 0.264 e. The molecule has 0 saturated carbocycles. The van der Waals surface area contributed by atoms with Gasteiger partial charge in [-0.2, -0.15) is 5.26 Å². The molecule has 0 radical (unpaired) electrons. The number of nitrogens with zero attached hydrogens (tertiary/aromatic N) is 3. The maximum atomic E-state index is 13.2. The van der Waals surface area contributed by atoms with E-state index in [1.165, 1.54) is 28.6 Å². The van der Waals surface area contributed by atoms with E-state index in [4.69, 9.17) is 16.9 Å². The van der Waals surface area contributed by atoms with Crippen LogP contribution in [-0.4, -0.2) is 13.4 Å². The summed E-state index contributed by atoms with van der Waals surface area (Å²) in [5.41, 5.74) is 1.64. The average Bonchev–Trinajstić information content (AvgIpc) is 2.68. The maximum absolute atomic E-state index is 13.2. The first-order chi connectivity index (χ1) is 12.5. The van der Waals surface area contributed by atoms with Crippen LogP contribution in [-0.2, 0) is 16.6 Å². The largest absolute Gasteiger partial charge is 0.264 e. The van der Waals surface area contributed by atoms with E-state index in [0.29, 0.717) is 16.3 Å². The Morgan fingerprint density at radius 1 is 1.04 bits per heavy atom. The zero-order chi connectivity index (χ0) is 18.6. The quantitative estimate of drug-likeness (QED) is 0.667. The van der Waals surface area contributed by atoms with Gasteiger partial charge in [0.05, 0.1) is 28.8 Å². The van der Waals surface area contributed by atoms with Gasteiger partial charge in [0.2, 0.25) is 0 Å². The van der Waals surface area contributed by atoms with Gasteiger partial charge >= 0.3 is 0 Å². The molecule has 0 aliphatic carbocycles. The van der Waals surface area contributed by atoms with E-state index in [-0.39, 0.29) is 11.4 Å². The average molecular weight is 384 g/mol. The van der Waals surface area contributed by atoms with Crippen LogP contribution in [0.15, 0.2) is 78.0 Å². The summed E-state index contributed by atoms with van der Waals surface area (Å²) < 4.78 is 27.7. The molecule has 0 amide bonds. The van der Waals surface area contributed by atoms with Crippen molar-refractivity contribution < 1.29 is 8.42 Å². The van der Waals surface area contributed by atoms with Gasteiger partial charge in [0.15, 0.2) is 0 Å². The van der Waals surface area contributed by atoms with Gasteiger partial charge in [-0.15, -0.1) is 0 Å². The molecule has 7 heteroatoms. The number of rotatable bonds is 5. The summed E-state index contributed by atoms with van der Waals surface area (Å²) in [5, 5.41) is 9.43. The van der Waals surface area contributed by atoms with Crippen LogP contribution < -0.4 is 4.31 Å². The van der Waals surface area contributed by atoms with Crippen LogP contribution in [0.2, 0.25) is 5.02 Å². The molecule has 26 heavy (non-hydrogen) atoms. The van der Waals surface area contributed by atoms with Crippen LogP contribution in [0.25, 0.3) is 0 Å². The molecule has 130 valence electrons. The molecule has 0 aliphatic heterocycles. The highest BCUT2D eigenvalue weighted by molar-refractivity contribution is 7.92. The third-order valence-electron chi connectivity index (χ3n) is 3.73. The molecule has 1 heterocycles. The zero-order valence-corrected chi connectivity index (χ0v) is 15.2. The van der Waals surface area contributed by atoms with Crippen LogP contribution in [0, 0.1) is 11.3 Å². The number of sulfonamides is 1. The second kappa shape index (κ2) is 7.56. The van der Waals surface area contributed by atoms with E-state index in [1.54, 1.807) is 42.7 Å². The lowest BCUT2D eigenvalue weighted by atomic mass is 10.2. The summed E-state index contributed by atoms with van der Waals surface area (Å²) in [6.07, 6.45) is 3.25. The standard InChI is InChI=1S/C19H14ClN3O2S/c20-17-5-7-18(8-6-17)23(14-16-2-1-11-22-13-16)26(24,25)19-9-3-15(12-21)4-10-19/h1-11,13H,14H2. The van der Waals surface area contributed by atoms with Crippen LogP contribution >= 0.6 is 11.6 Å². The van der Waals surface area contributed by atoms with Crippen LogP contribution in [0.4, 0.5) is 5.69 Å². The fourth-order valence-corrected chi connectivity index (χ4v) is 3.99. The van der Waals surface area contributed by atoms with Crippen molar-refractivity contribution in [1.82, 2.24) is 4.98 Å². The Labute approximate surface area is 157 Å². The summed E-state index contributed by atoms with van der Waals surface area (Å²) in [6.45, 7) is 0.123. The molecule has 3 aromatic rings. The fraction of sp³-hybridized carbons (Fsp3) is 0.0526. The van der Waals surface area contributed by atoms with Crippen LogP contribution in [0.5, 0.6) is 0 Å². The summed E-state index contributed by atoms with van der Waals surface area (Å²) in [4.78, 5) is 4.15. The Kier molecular flexibility index (Phi) is 5.21. The smallest absolute Gasteiger partial charge is 0.264 e. The van der Waals surface area contributed by atoms with E-state index in [2.05, 4.69) is 4.98 Å². The van der Waals surface area contributed by atoms with Gasteiger partial charge in [-0.25, -0.2) is 8.42 Å². The van der Waals surface area contributed by atoms with E-state index in [0.717, 1.165) is 5.56 Å². The van der Waals surface area contributed by atoms with Crippen LogP contribution in [0.3, 0.4) is 0 Å². The number of hydrogen-bond donors (Lipinski definition) is 0. The number of benzene rings is 2. The predicted molar refractivity (Wildman–Crippen MR) is 100 cm³/mol. The minimum absolute atomic E-state index is 0.107. The monoisotopic (exact) mass is 383 g/mol.